The minimum atomic E-state index is -0.299. The highest BCUT2D eigenvalue weighted by Gasteiger charge is 2.03. The fraction of sp³-hybridized carbons (Fsp3) is 0.222. The van der Waals surface area contributed by atoms with E-state index in [1.54, 1.807) is 24.5 Å². The number of carbonyl (C=O) groups is 2. The van der Waals surface area contributed by atoms with Crippen molar-refractivity contribution in [2.45, 2.75) is 0 Å². The molecule has 0 unspecified atom stereocenters. The molecular weight excluding hydrogens is 324 g/mol. The monoisotopic (exact) mass is 344 g/mol. The number of rotatable bonds is 8. The summed E-state index contributed by atoms with van der Waals surface area (Å²) in [6, 6.07) is 14.1. The number of amides is 2. The van der Waals surface area contributed by atoms with Crippen LogP contribution in [-0.2, 0) is 14.3 Å². The van der Waals surface area contributed by atoms with Crippen molar-refractivity contribution in [3.63, 3.8) is 0 Å². The second-order valence-corrected chi connectivity index (χ2v) is 6.08. The maximum Gasteiger partial charge on any atom is 0.244 e. The lowest BCUT2D eigenvalue weighted by Crippen LogP contribution is -2.37. The molecule has 0 saturated carbocycles. The average molecular weight is 344 g/mol. The van der Waals surface area contributed by atoms with E-state index in [0.717, 1.165) is 15.3 Å². The van der Waals surface area contributed by atoms with Crippen molar-refractivity contribution < 1.29 is 14.3 Å². The first kappa shape index (κ1) is 17.9. The zero-order valence-corrected chi connectivity index (χ0v) is 14.3. The molecule has 1 aromatic carbocycles. The van der Waals surface area contributed by atoms with Crippen LogP contribution in [0.2, 0.25) is 0 Å². The number of nitrogens with one attached hydrogen (secondary N) is 2. The maximum atomic E-state index is 11.7. The molecule has 0 radical (unpaired) electrons. The summed E-state index contributed by atoms with van der Waals surface area (Å²) in [5, 5.41) is 5.18. The predicted octanol–water partition coefficient (Wildman–Crippen LogP) is 2.31. The number of hydrogen-bond acceptors (Lipinski definition) is 4. The van der Waals surface area contributed by atoms with Crippen LogP contribution >= 0.6 is 11.3 Å². The molecule has 0 aliphatic carbocycles. The third kappa shape index (κ3) is 5.98. The van der Waals surface area contributed by atoms with Crippen LogP contribution in [-0.4, -0.2) is 38.6 Å². The molecule has 0 spiro atoms. The van der Waals surface area contributed by atoms with E-state index in [0.29, 0.717) is 13.2 Å². The molecule has 2 rings (SSSR count). The van der Waals surface area contributed by atoms with Gasteiger partial charge in [0.2, 0.25) is 11.8 Å². The Hall–Kier alpha value is -2.44. The van der Waals surface area contributed by atoms with Gasteiger partial charge in [0, 0.05) is 29.5 Å². The van der Waals surface area contributed by atoms with Gasteiger partial charge in [-0.1, -0.05) is 30.3 Å². The quantitative estimate of drug-likeness (QED) is 0.570. The zero-order chi connectivity index (χ0) is 17.2. The highest BCUT2D eigenvalue weighted by Crippen LogP contribution is 2.28. The van der Waals surface area contributed by atoms with Gasteiger partial charge in [0.1, 0.15) is 0 Å². The topological polar surface area (TPSA) is 67.4 Å². The van der Waals surface area contributed by atoms with Crippen LogP contribution in [0.1, 0.15) is 4.88 Å². The highest BCUT2D eigenvalue weighted by atomic mass is 32.1. The number of thiophene rings is 1. The Morgan fingerprint density at radius 1 is 1.12 bits per heavy atom. The van der Waals surface area contributed by atoms with Crippen molar-refractivity contribution in [3.05, 3.63) is 53.4 Å². The summed E-state index contributed by atoms with van der Waals surface area (Å²) >= 11 is 1.61. The van der Waals surface area contributed by atoms with E-state index in [2.05, 4.69) is 10.6 Å². The third-order valence-electron chi connectivity index (χ3n) is 3.14. The Balaban J connectivity index is 1.80. The Morgan fingerprint density at radius 2 is 1.92 bits per heavy atom. The van der Waals surface area contributed by atoms with E-state index in [1.807, 2.05) is 42.5 Å². The van der Waals surface area contributed by atoms with E-state index >= 15 is 0 Å². The summed E-state index contributed by atoms with van der Waals surface area (Å²) in [6.45, 7) is 0.826. The first-order chi connectivity index (χ1) is 11.7. The molecular formula is C18H20N2O3S. The lowest BCUT2D eigenvalue weighted by Gasteiger charge is -2.04. The maximum absolute atomic E-state index is 11.7. The molecule has 2 aromatic rings. The molecule has 1 heterocycles. The molecule has 2 amide bonds. The lowest BCUT2D eigenvalue weighted by molar-refractivity contribution is -0.124. The van der Waals surface area contributed by atoms with Crippen molar-refractivity contribution in [1.82, 2.24) is 10.6 Å². The summed E-state index contributed by atoms with van der Waals surface area (Å²) in [4.78, 5) is 25.3. The largest absolute Gasteiger partial charge is 0.383 e. The van der Waals surface area contributed by atoms with Gasteiger partial charge in [0.05, 0.1) is 13.2 Å². The molecule has 126 valence electrons. The molecule has 0 aliphatic heterocycles. The third-order valence-corrected chi connectivity index (χ3v) is 4.24. The molecule has 2 N–H and O–H groups in total. The average Bonchev–Trinajstić information content (AvgIpc) is 3.08. The predicted molar refractivity (Wildman–Crippen MR) is 96.7 cm³/mol. The molecule has 5 nitrogen and oxygen atoms in total. The molecule has 24 heavy (non-hydrogen) atoms. The molecule has 0 bridgehead atoms. The van der Waals surface area contributed by atoms with Crippen molar-refractivity contribution in [1.29, 1.82) is 0 Å². The second kappa shape index (κ2) is 9.64. The van der Waals surface area contributed by atoms with Crippen molar-refractivity contribution >= 4 is 29.2 Å². The van der Waals surface area contributed by atoms with Crippen molar-refractivity contribution in [2.75, 3.05) is 26.8 Å². The molecule has 0 fully saturated rings. The summed E-state index contributed by atoms with van der Waals surface area (Å²) in [7, 11) is 1.56. The van der Waals surface area contributed by atoms with Gasteiger partial charge >= 0.3 is 0 Å². The lowest BCUT2D eigenvalue weighted by atomic mass is 10.2. The standard InChI is InChI=1S/C18H20N2O3S/c1-23-12-11-19-18(22)13-20-17(21)10-8-15-7-9-16(24-15)14-5-3-2-4-6-14/h2-10H,11-13H2,1H3,(H,19,22)(H,20,21)/b10-8+. The van der Waals surface area contributed by atoms with E-state index in [4.69, 9.17) is 4.74 Å². The van der Waals surface area contributed by atoms with Gasteiger partial charge in [0.25, 0.3) is 0 Å². The van der Waals surface area contributed by atoms with Crippen molar-refractivity contribution in [3.8, 4) is 10.4 Å². The first-order valence-electron chi connectivity index (χ1n) is 7.56. The van der Waals surface area contributed by atoms with Crippen LogP contribution in [0, 0.1) is 0 Å². The van der Waals surface area contributed by atoms with Crippen LogP contribution < -0.4 is 10.6 Å². The molecule has 0 saturated heterocycles. The fourth-order valence-electron chi connectivity index (χ4n) is 1.94. The van der Waals surface area contributed by atoms with Gasteiger partial charge < -0.3 is 15.4 Å². The van der Waals surface area contributed by atoms with Gasteiger partial charge in [0.15, 0.2) is 0 Å². The second-order valence-electron chi connectivity index (χ2n) is 4.96. The van der Waals surface area contributed by atoms with E-state index in [1.165, 1.54) is 6.08 Å². The van der Waals surface area contributed by atoms with Crippen LogP contribution in [0.3, 0.4) is 0 Å². The molecule has 1 aromatic heterocycles. The molecule has 0 atom stereocenters. The van der Waals surface area contributed by atoms with E-state index < -0.39 is 0 Å². The summed E-state index contributed by atoms with van der Waals surface area (Å²) < 4.78 is 4.83. The summed E-state index contributed by atoms with van der Waals surface area (Å²) in [5.74, 6) is -0.539. The molecule has 0 aliphatic rings. The number of benzene rings is 1. The van der Waals surface area contributed by atoms with E-state index in [-0.39, 0.29) is 18.4 Å². The number of carbonyl (C=O) groups excluding carboxylic acids is 2. The Morgan fingerprint density at radius 3 is 2.67 bits per heavy atom. The van der Waals surface area contributed by atoms with Gasteiger partial charge in [-0.2, -0.15) is 0 Å². The Bertz CT molecular complexity index is 695. The SMILES string of the molecule is COCCNC(=O)CNC(=O)/C=C/c1ccc(-c2ccccc2)s1. The van der Waals surface area contributed by atoms with Gasteiger partial charge in [-0.15, -0.1) is 11.3 Å². The smallest absolute Gasteiger partial charge is 0.244 e. The minimum absolute atomic E-state index is 0.0490. The normalized spacial score (nSPS) is 10.7. The molecule has 6 heteroatoms. The van der Waals surface area contributed by atoms with Crippen LogP contribution in [0.4, 0.5) is 0 Å². The minimum Gasteiger partial charge on any atom is -0.383 e. The first-order valence-corrected chi connectivity index (χ1v) is 8.37. The van der Waals surface area contributed by atoms with Crippen LogP contribution in [0.25, 0.3) is 16.5 Å². The van der Waals surface area contributed by atoms with Gasteiger partial charge in [-0.3, -0.25) is 9.59 Å². The summed E-state index contributed by atoms with van der Waals surface area (Å²) in [5.41, 5.74) is 1.15. The number of hydrogen-bond donors (Lipinski definition) is 2. The Labute approximate surface area is 145 Å². The van der Waals surface area contributed by atoms with Crippen LogP contribution in [0.5, 0.6) is 0 Å². The number of methoxy groups -OCH3 is 1. The zero-order valence-electron chi connectivity index (χ0n) is 13.5. The summed E-state index contributed by atoms with van der Waals surface area (Å²) in [6.07, 6.45) is 3.18. The highest BCUT2D eigenvalue weighted by molar-refractivity contribution is 7.16. The van der Waals surface area contributed by atoms with Gasteiger partial charge in [-0.25, -0.2) is 0 Å². The van der Waals surface area contributed by atoms with Gasteiger partial charge in [-0.05, 0) is 23.8 Å². The Kier molecular flexibility index (Phi) is 7.20. The van der Waals surface area contributed by atoms with Crippen molar-refractivity contribution in [2.24, 2.45) is 0 Å². The van der Waals surface area contributed by atoms with E-state index in [9.17, 15) is 9.59 Å². The number of ether oxygens (including phenoxy) is 1. The fourth-order valence-corrected chi connectivity index (χ4v) is 2.86. The van der Waals surface area contributed by atoms with Crippen LogP contribution in [0.15, 0.2) is 48.5 Å².